The molecule has 0 aliphatic rings. The van der Waals surface area contributed by atoms with E-state index in [1.807, 2.05) is 30.3 Å². The van der Waals surface area contributed by atoms with Gasteiger partial charge in [-0.15, -0.1) is 5.10 Å². The highest BCUT2D eigenvalue weighted by molar-refractivity contribution is 6.05. The van der Waals surface area contributed by atoms with E-state index in [0.717, 1.165) is 68.1 Å². The van der Waals surface area contributed by atoms with Gasteiger partial charge in [0.2, 0.25) is 17.7 Å². The lowest BCUT2D eigenvalue weighted by Crippen LogP contribution is -2.50. The van der Waals surface area contributed by atoms with Crippen LogP contribution in [0.5, 0.6) is 0 Å². The number of benzene rings is 3. The average Bonchev–Trinajstić information content (AvgIpc) is 3.54. The number of halogens is 1. The summed E-state index contributed by atoms with van der Waals surface area (Å²) in [5, 5.41) is 33.1. The molecule has 0 fully saturated rings. The zero-order chi connectivity index (χ0) is 42.9. The molecule has 4 aromatic rings. The summed E-state index contributed by atoms with van der Waals surface area (Å²) in [7, 11) is 0. The third-order valence-electron chi connectivity index (χ3n) is 9.69. The van der Waals surface area contributed by atoms with Gasteiger partial charge in [-0.3, -0.25) is 19.2 Å². The number of carbonyl (C=O) groups excluding carboxylic acids is 4. The lowest BCUT2D eigenvalue weighted by molar-refractivity contribution is -0.143. The fourth-order valence-electron chi connectivity index (χ4n) is 6.52. The minimum absolute atomic E-state index is 0.0835. The Balaban J connectivity index is 1.10. The van der Waals surface area contributed by atoms with Gasteiger partial charge in [-0.25, -0.2) is 14.0 Å². The minimum atomic E-state index is -1.41. The lowest BCUT2D eigenvalue weighted by Gasteiger charge is -2.17. The van der Waals surface area contributed by atoms with Crippen molar-refractivity contribution in [1.29, 1.82) is 0 Å². The first-order chi connectivity index (χ1) is 28.2. The maximum absolute atomic E-state index is 14.1. The van der Waals surface area contributed by atoms with E-state index in [2.05, 4.69) is 26.4 Å². The molecule has 4 amide bonds. The molecule has 0 spiro atoms. The van der Waals surface area contributed by atoms with Crippen LogP contribution in [0.1, 0.15) is 93.8 Å². The summed E-state index contributed by atoms with van der Waals surface area (Å²) in [5.41, 5.74) is 15.7. The molecule has 0 unspecified atom stereocenters. The third-order valence-corrected chi connectivity index (χ3v) is 9.69. The van der Waals surface area contributed by atoms with Gasteiger partial charge in [-0.1, -0.05) is 75.3 Å². The molecule has 59 heavy (non-hydrogen) atoms. The molecule has 0 aliphatic heterocycles. The van der Waals surface area contributed by atoms with E-state index in [1.165, 1.54) is 10.7 Å². The number of hydrogen-bond acceptors (Lipinski definition) is 9. The number of aryl methyl sites for hydroxylation is 1. The predicted octanol–water partition coefficient (Wildman–Crippen LogP) is 6.19. The van der Waals surface area contributed by atoms with E-state index >= 15 is 0 Å². The van der Waals surface area contributed by atoms with Crippen molar-refractivity contribution in [3.8, 4) is 11.1 Å². The van der Waals surface area contributed by atoms with Crippen molar-refractivity contribution >= 4 is 63.8 Å². The second kappa shape index (κ2) is 22.5. The number of rotatable bonds is 23. The van der Waals surface area contributed by atoms with E-state index < -0.39 is 54.1 Å². The zero-order valence-electron chi connectivity index (χ0n) is 33.1. The quantitative estimate of drug-likeness (QED) is 0.0392. The summed E-state index contributed by atoms with van der Waals surface area (Å²) >= 11 is 0. The average molecular weight is 817 g/mol. The van der Waals surface area contributed by atoms with Crippen LogP contribution in [0.15, 0.2) is 60.7 Å². The van der Waals surface area contributed by atoms with Crippen LogP contribution in [0.25, 0.3) is 22.0 Å². The largest absolute Gasteiger partial charge is 0.481 e. The highest BCUT2D eigenvalue weighted by Gasteiger charge is 2.25. The second-order valence-corrected chi connectivity index (χ2v) is 14.5. The molecule has 10 N–H and O–H groups in total. The minimum Gasteiger partial charge on any atom is -0.481 e. The number of aliphatic carboxylic acids is 2. The summed E-state index contributed by atoms with van der Waals surface area (Å²) in [6.45, 7) is 2.22. The van der Waals surface area contributed by atoms with Crippen LogP contribution in [-0.2, 0) is 19.2 Å². The monoisotopic (exact) mass is 816 g/mol. The molecule has 0 bridgehead atoms. The fourth-order valence-corrected chi connectivity index (χ4v) is 6.52. The van der Waals surface area contributed by atoms with Gasteiger partial charge in [0, 0.05) is 25.1 Å². The molecule has 4 rings (SSSR count). The lowest BCUT2D eigenvalue weighted by atomic mass is 10.0. The number of carboxylic acids is 2. The van der Waals surface area contributed by atoms with Gasteiger partial charge in [0.25, 0.3) is 0 Å². The van der Waals surface area contributed by atoms with Crippen molar-refractivity contribution in [3.05, 3.63) is 72.0 Å². The Morgan fingerprint density at radius 2 is 1.49 bits per heavy atom. The number of hydrogen-bond donors (Lipinski definition) is 8. The molecular formula is C42H53FN8O8. The summed E-state index contributed by atoms with van der Waals surface area (Å²) in [5.74, 6) is -4.28. The number of nitrogens with one attached hydrogen (secondary N) is 4. The molecule has 1 heterocycles. The van der Waals surface area contributed by atoms with Crippen molar-refractivity contribution in [3.63, 3.8) is 0 Å². The molecule has 17 heteroatoms. The molecule has 0 radical (unpaired) electrons. The first-order valence-corrected chi connectivity index (χ1v) is 19.8. The summed E-state index contributed by atoms with van der Waals surface area (Å²) in [6.07, 6.45) is 7.65. The Morgan fingerprint density at radius 3 is 2.15 bits per heavy atom. The van der Waals surface area contributed by atoms with Gasteiger partial charge in [0.1, 0.15) is 11.9 Å². The van der Waals surface area contributed by atoms with Crippen molar-refractivity contribution in [2.45, 2.75) is 102 Å². The Labute approximate surface area is 341 Å². The Bertz CT molecular complexity index is 2110. The molecule has 0 saturated carbocycles. The van der Waals surface area contributed by atoms with E-state index in [1.54, 1.807) is 31.2 Å². The number of amides is 4. The van der Waals surface area contributed by atoms with E-state index in [0.29, 0.717) is 36.0 Å². The Kier molecular flexibility index (Phi) is 17.3. The molecule has 0 saturated heterocycles. The number of aromatic nitrogens is 2. The number of unbranched alkanes of at least 4 members (excludes halogenated alkanes) is 8. The van der Waals surface area contributed by atoms with Gasteiger partial charge < -0.3 is 42.9 Å². The van der Waals surface area contributed by atoms with Gasteiger partial charge in [0.05, 0.1) is 29.1 Å². The topological polar surface area (TPSA) is 261 Å². The highest BCUT2D eigenvalue weighted by atomic mass is 19.1. The van der Waals surface area contributed by atoms with Crippen LogP contribution >= 0.6 is 0 Å². The maximum atomic E-state index is 14.1. The third kappa shape index (κ3) is 14.2. The van der Waals surface area contributed by atoms with Crippen molar-refractivity contribution in [2.75, 3.05) is 22.9 Å². The number of anilines is 3. The second-order valence-electron chi connectivity index (χ2n) is 14.5. The van der Waals surface area contributed by atoms with Crippen LogP contribution in [0, 0.1) is 12.7 Å². The first-order valence-electron chi connectivity index (χ1n) is 19.8. The molecule has 316 valence electrons. The number of carboxylic acid groups (broad SMARTS) is 2. The standard InChI is InChI=1S/C42H53FN8O8/c1-26-15-20-30(43)33(24-26)49-42(59)47-28-18-16-27(17-19-28)29-12-11-13-34-38(29)39(45)50-51(34)36(53)14-9-7-5-3-2-4-6-8-10-23-46-35(52)25-31(44)40(56)48-32(41(57)58)21-22-37(54)55/h11-13,15-20,24,31-32H,2-10,14,21-23,25,44H2,1H3,(H2,45,50)(H,46,52)(H,48,56)(H,54,55)(H,57,58)(H2,47,49,59)/t31-,32-/m0/s1. The van der Waals surface area contributed by atoms with Gasteiger partial charge in [-0.2, -0.15) is 4.68 Å². The molecule has 1 aromatic heterocycles. The molecule has 2 atom stereocenters. The van der Waals surface area contributed by atoms with E-state index in [4.69, 9.17) is 16.6 Å². The number of nitrogen functional groups attached to an aromatic ring is 1. The molecule has 3 aromatic carbocycles. The molecule has 16 nitrogen and oxygen atoms in total. The summed E-state index contributed by atoms with van der Waals surface area (Å²) in [4.78, 5) is 72.0. The van der Waals surface area contributed by atoms with Crippen LogP contribution in [-0.4, -0.2) is 74.3 Å². The molecular weight excluding hydrogens is 764 g/mol. The van der Waals surface area contributed by atoms with Crippen LogP contribution < -0.4 is 32.7 Å². The number of carbonyl (C=O) groups is 6. The normalized spacial score (nSPS) is 12.1. The van der Waals surface area contributed by atoms with Gasteiger partial charge in [0.15, 0.2) is 5.82 Å². The number of urea groups is 1. The number of fused-ring (bicyclic) bond motifs is 1. The fraction of sp³-hybridized carbons (Fsp3) is 0.405. The number of nitrogens with zero attached hydrogens (tertiary/aromatic N) is 2. The van der Waals surface area contributed by atoms with Crippen LogP contribution in [0.4, 0.5) is 26.4 Å². The van der Waals surface area contributed by atoms with Gasteiger partial charge >= 0.3 is 18.0 Å². The zero-order valence-corrected chi connectivity index (χ0v) is 33.1. The SMILES string of the molecule is Cc1ccc(F)c(NC(=O)Nc2ccc(-c3cccc4c3c(N)nn4C(=O)CCCCCCCCCCCNC(=O)C[C@H](N)C(=O)N[C@@H](CCC(=O)O)C(=O)O)cc2)c1. The number of nitrogens with two attached hydrogens (primary N) is 2. The highest BCUT2D eigenvalue weighted by Crippen LogP contribution is 2.33. The van der Waals surface area contributed by atoms with Crippen LogP contribution in [0.3, 0.4) is 0 Å². The Hall–Kier alpha value is -6.36. The van der Waals surface area contributed by atoms with Crippen molar-refractivity contribution in [1.82, 2.24) is 20.4 Å². The van der Waals surface area contributed by atoms with Gasteiger partial charge in [-0.05, 0) is 73.2 Å². The van der Waals surface area contributed by atoms with E-state index in [9.17, 15) is 38.3 Å². The van der Waals surface area contributed by atoms with Crippen LogP contribution in [0.2, 0.25) is 0 Å². The first kappa shape index (κ1) is 45.3. The van der Waals surface area contributed by atoms with Crippen molar-refractivity contribution in [2.24, 2.45) is 5.73 Å². The molecule has 0 aliphatic carbocycles. The maximum Gasteiger partial charge on any atom is 0.326 e. The summed E-state index contributed by atoms with van der Waals surface area (Å²) in [6, 6.07) is 13.8. The summed E-state index contributed by atoms with van der Waals surface area (Å²) < 4.78 is 15.4. The smallest absolute Gasteiger partial charge is 0.326 e. The predicted molar refractivity (Wildman–Crippen MR) is 222 cm³/mol. The van der Waals surface area contributed by atoms with E-state index in [-0.39, 0.29) is 30.3 Å². The van der Waals surface area contributed by atoms with Crippen molar-refractivity contribution < 1.29 is 43.4 Å². The Morgan fingerprint density at radius 1 is 0.831 bits per heavy atom.